The highest BCUT2D eigenvalue weighted by molar-refractivity contribution is 5.85. The second-order valence-electron chi connectivity index (χ2n) is 7.66. The lowest BCUT2D eigenvalue weighted by Crippen LogP contribution is -2.43. The Morgan fingerprint density at radius 2 is 1.81 bits per heavy atom. The van der Waals surface area contributed by atoms with Crippen LogP contribution in [-0.4, -0.2) is 49.8 Å². The highest BCUT2D eigenvalue weighted by Crippen LogP contribution is 2.24. The molecule has 1 fully saturated rings. The molecule has 5 nitrogen and oxygen atoms in total. The summed E-state index contributed by atoms with van der Waals surface area (Å²) in [6.07, 6.45) is 2.91. The van der Waals surface area contributed by atoms with Crippen molar-refractivity contribution >= 4 is 18.3 Å². The number of hydrogen-bond donors (Lipinski definition) is 1. The third-order valence-electron chi connectivity index (χ3n) is 4.58. The first-order valence-electron chi connectivity index (χ1n) is 9.23. The minimum absolute atomic E-state index is 0. The Morgan fingerprint density at radius 3 is 2.35 bits per heavy atom. The third kappa shape index (κ3) is 7.14. The van der Waals surface area contributed by atoms with Gasteiger partial charge in [-0.25, -0.2) is 0 Å². The molecule has 0 unspecified atom stereocenters. The Kier molecular flexibility index (Phi) is 9.41. The molecule has 1 aromatic carbocycles. The fourth-order valence-corrected chi connectivity index (χ4v) is 2.89. The summed E-state index contributed by atoms with van der Waals surface area (Å²) in [7, 11) is 0. The first-order chi connectivity index (χ1) is 11.9. The van der Waals surface area contributed by atoms with Crippen molar-refractivity contribution in [3.63, 3.8) is 0 Å². The summed E-state index contributed by atoms with van der Waals surface area (Å²) in [5.41, 5.74) is 6.84. The number of benzene rings is 1. The van der Waals surface area contributed by atoms with Gasteiger partial charge in [-0.1, -0.05) is 32.9 Å². The first-order valence-corrected chi connectivity index (χ1v) is 9.23. The topological polar surface area (TPSA) is 64.8 Å². The zero-order valence-corrected chi connectivity index (χ0v) is 17.0. The predicted molar refractivity (Wildman–Crippen MR) is 107 cm³/mol. The van der Waals surface area contributed by atoms with E-state index in [9.17, 15) is 4.79 Å². The molecule has 1 aromatic rings. The van der Waals surface area contributed by atoms with Crippen LogP contribution in [0.25, 0.3) is 0 Å². The van der Waals surface area contributed by atoms with Crippen molar-refractivity contribution in [2.24, 2.45) is 5.73 Å². The van der Waals surface area contributed by atoms with E-state index in [1.807, 2.05) is 17.0 Å². The number of piperidine rings is 1. The largest absolute Gasteiger partial charge is 0.484 e. The molecule has 0 saturated carbocycles. The molecule has 0 aromatic heterocycles. The molecule has 148 valence electrons. The molecule has 0 atom stereocenters. The van der Waals surface area contributed by atoms with Crippen molar-refractivity contribution in [3.8, 4) is 5.75 Å². The van der Waals surface area contributed by atoms with Crippen LogP contribution in [0, 0.1) is 0 Å². The van der Waals surface area contributed by atoms with Gasteiger partial charge in [-0.05, 0) is 48.9 Å². The van der Waals surface area contributed by atoms with Gasteiger partial charge in [-0.3, -0.25) is 4.79 Å². The molecule has 0 bridgehead atoms. The van der Waals surface area contributed by atoms with Crippen molar-refractivity contribution in [1.82, 2.24) is 4.90 Å². The second kappa shape index (κ2) is 10.8. The minimum atomic E-state index is 0. The number of carbonyl (C=O) groups is 1. The Balaban J connectivity index is 0.00000338. The van der Waals surface area contributed by atoms with Crippen molar-refractivity contribution in [3.05, 3.63) is 29.8 Å². The van der Waals surface area contributed by atoms with Crippen LogP contribution in [-0.2, 0) is 14.9 Å². The molecule has 1 aliphatic heterocycles. The lowest BCUT2D eigenvalue weighted by Gasteiger charge is -2.32. The monoisotopic (exact) mass is 384 g/mol. The number of nitrogens with zero attached hydrogens (tertiary/aromatic N) is 1. The highest BCUT2D eigenvalue weighted by atomic mass is 35.5. The first kappa shape index (κ1) is 22.7. The number of amides is 1. The molecule has 26 heavy (non-hydrogen) atoms. The zero-order chi connectivity index (χ0) is 18.3. The third-order valence-corrected chi connectivity index (χ3v) is 4.58. The zero-order valence-electron chi connectivity index (χ0n) is 16.2. The fraction of sp³-hybridized carbons (Fsp3) is 0.650. The van der Waals surface area contributed by atoms with E-state index in [0.717, 1.165) is 38.1 Å². The van der Waals surface area contributed by atoms with Gasteiger partial charge in [-0.2, -0.15) is 0 Å². The van der Waals surface area contributed by atoms with Gasteiger partial charge in [0.2, 0.25) is 0 Å². The van der Waals surface area contributed by atoms with Crippen LogP contribution in [0.1, 0.15) is 45.6 Å². The summed E-state index contributed by atoms with van der Waals surface area (Å²) in [5.74, 6) is 0.779. The molecule has 1 saturated heterocycles. The summed E-state index contributed by atoms with van der Waals surface area (Å²) in [6.45, 7) is 9.46. The molecule has 0 aliphatic carbocycles. The van der Waals surface area contributed by atoms with Gasteiger partial charge in [0.1, 0.15) is 5.75 Å². The van der Waals surface area contributed by atoms with Crippen LogP contribution in [0.5, 0.6) is 5.75 Å². The Morgan fingerprint density at radius 1 is 1.19 bits per heavy atom. The Labute approximate surface area is 163 Å². The van der Waals surface area contributed by atoms with E-state index in [-0.39, 0.29) is 36.4 Å². The molecule has 6 heteroatoms. The number of carbonyl (C=O) groups excluding carboxylic acids is 1. The smallest absolute Gasteiger partial charge is 0.260 e. The molecular formula is C20H33ClN2O3. The number of ether oxygens (including phenoxy) is 2. The van der Waals surface area contributed by atoms with Crippen LogP contribution < -0.4 is 10.5 Å². The van der Waals surface area contributed by atoms with E-state index in [1.54, 1.807) is 0 Å². The molecule has 1 heterocycles. The molecule has 2 N–H and O–H groups in total. The van der Waals surface area contributed by atoms with Crippen molar-refractivity contribution in [2.75, 3.05) is 32.8 Å². The van der Waals surface area contributed by atoms with Crippen LogP contribution in [0.2, 0.25) is 0 Å². The maximum atomic E-state index is 12.3. The SMILES string of the molecule is CC(C)(C)c1ccc(OCC(=O)N2CCC(OCCCN)CC2)cc1.Cl. The highest BCUT2D eigenvalue weighted by Gasteiger charge is 2.23. The maximum Gasteiger partial charge on any atom is 0.260 e. The average molecular weight is 385 g/mol. The average Bonchev–Trinajstić information content (AvgIpc) is 2.60. The van der Waals surface area contributed by atoms with E-state index in [1.165, 1.54) is 5.56 Å². The van der Waals surface area contributed by atoms with E-state index in [2.05, 4.69) is 32.9 Å². The lowest BCUT2D eigenvalue weighted by atomic mass is 9.87. The number of halogens is 1. The van der Waals surface area contributed by atoms with Crippen molar-refractivity contribution < 1.29 is 14.3 Å². The number of nitrogens with two attached hydrogens (primary N) is 1. The molecule has 0 radical (unpaired) electrons. The van der Waals surface area contributed by atoms with Crippen LogP contribution >= 0.6 is 12.4 Å². The molecular weight excluding hydrogens is 352 g/mol. The lowest BCUT2D eigenvalue weighted by molar-refractivity contribution is -0.136. The quantitative estimate of drug-likeness (QED) is 0.733. The van der Waals surface area contributed by atoms with Gasteiger partial charge >= 0.3 is 0 Å². The molecule has 1 amide bonds. The molecule has 0 spiro atoms. The number of rotatable bonds is 7. The van der Waals surface area contributed by atoms with Crippen LogP contribution in [0.3, 0.4) is 0 Å². The summed E-state index contributed by atoms with van der Waals surface area (Å²) in [4.78, 5) is 14.2. The normalized spacial score (nSPS) is 15.5. The Bertz CT molecular complexity index is 535. The fourth-order valence-electron chi connectivity index (χ4n) is 2.89. The summed E-state index contributed by atoms with van der Waals surface area (Å²) in [5, 5.41) is 0. The summed E-state index contributed by atoms with van der Waals surface area (Å²) >= 11 is 0. The van der Waals surface area contributed by atoms with E-state index < -0.39 is 0 Å². The van der Waals surface area contributed by atoms with Crippen molar-refractivity contribution in [1.29, 1.82) is 0 Å². The van der Waals surface area contributed by atoms with Crippen LogP contribution in [0.4, 0.5) is 0 Å². The van der Waals surface area contributed by atoms with Crippen LogP contribution in [0.15, 0.2) is 24.3 Å². The van der Waals surface area contributed by atoms with E-state index in [4.69, 9.17) is 15.2 Å². The standard InChI is InChI=1S/C20H32N2O3.ClH/c1-20(2,3)16-5-7-17(8-6-16)25-15-19(23)22-12-9-18(10-13-22)24-14-4-11-21;/h5-8,18H,4,9-15,21H2,1-3H3;1H. The predicted octanol–water partition coefficient (Wildman–Crippen LogP) is 3.14. The van der Waals surface area contributed by atoms with Gasteiger partial charge in [0.25, 0.3) is 5.91 Å². The summed E-state index contributed by atoms with van der Waals surface area (Å²) in [6, 6.07) is 7.99. The van der Waals surface area contributed by atoms with Gasteiger partial charge in [0.05, 0.1) is 6.10 Å². The van der Waals surface area contributed by atoms with E-state index in [0.29, 0.717) is 13.2 Å². The number of likely N-dealkylation sites (tertiary alicyclic amines) is 1. The summed E-state index contributed by atoms with van der Waals surface area (Å²) < 4.78 is 11.4. The van der Waals surface area contributed by atoms with Gasteiger partial charge in [0, 0.05) is 19.7 Å². The number of hydrogen-bond acceptors (Lipinski definition) is 4. The van der Waals surface area contributed by atoms with Gasteiger partial charge < -0.3 is 20.1 Å². The minimum Gasteiger partial charge on any atom is -0.484 e. The molecule has 2 rings (SSSR count). The van der Waals surface area contributed by atoms with Gasteiger partial charge in [-0.15, -0.1) is 12.4 Å². The van der Waals surface area contributed by atoms with Gasteiger partial charge in [0.15, 0.2) is 6.61 Å². The van der Waals surface area contributed by atoms with Crippen molar-refractivity contribution in [2.45, 2.75) is 51.6 Å². The molecule has 1 aliphatic rings. The second-order valence-corrected chi connectivity index (χ2v) is 7.66. The maximum absolute atomic E-state index is 12.3. The Hall–Kier alpha value is -1.30. The van der Waals surface area contributed by atoms with E-state index >= 15 is 0 Å².